The molecule has 0 aliphatic heterocycles. The van der Waals surface area contributed by atoms with Crippen LogP contribution in [0.2, 0.25) is 0 Å². The average Bonchev–Trinajstić information content (AvgIpc) is 2.33. The Morgan fingerprint density at radius 1 is 1.28 bits per heavy atom. The highest BCUT2D eigenvalue weighted by Crippen LogP contribution is 2.12. The van der Waals surface area contributed by atoms with Crippen LogP contribution in [0, 0.1) is 12.7 Å². The Morgan fingerprint density at radius 2 is 2.00 bits per heavy atom. The summed E-state index contributed by atoms with van der Waals surface area (Å²) in [7, 11) is 0. The molecular weight excluding hydrogens is 235 g/mol. The van der Waals surface area contributed by atoms with Crippen LogP contribution in [0.15, 0.2) is 18.2 Å². The molecule has 0 bridgehead atoms. The third-order valence-electron chi connectivity index (χ3n) is 2.58. The van der Waals surface area contributed by atoms with Crippen LogP contribution in [0.1, 0.15) is 42.1 Å². The minimum atomic E-state index is -0.383. The van der Waals surface area contributed by atoms with Crippen molar-refractivity contribution in [3.05, 3.63) is 35.1 Å². The van der Waals surface area contributed by atoms with Crippen LogP contribution in [0.3, 0.4) is 0 Å². The van der Waals surface area contributed by atoms with Gasteiger partial charge in [-0.05, 0) is 31.9 Å². The second-order valence-electron chi connectivity index (χ2n) is 4.05. The van der Waals surface area contributed by atoms with Crippen molar-refractivity contribution in [2.75, 3.05) is 6.61 Å². The van der Waals surface area contributed by atoms with Crippen molar-refractivity contribution in [2.45, 2.75) is 33.1 Å². The molecule has 0 saturated heterocycles. The Labute approximate surface area is 106 Å². The van der Waals surface area contributed by atoms with E-state index in [0.717, 1.165) is 0 Å². The predicted octanol–water partition coefficient (Wildman–Crippen LogP) is 3.05. The van der Waals surface area contributed by atoms with Crippen molar-refractivity contribution in [3.8, 4) is 0 Å². The summed E-state index contributed by atoms with van der Waals surface area (Å²) in [6, 6.07) is 4.42. The van der Waals surface area contributed by atoms with E-state index in [1.165, 1.54) is 6.07 Å². The van der Waals surface area contributed by atoms with E-state index in [1.54, 1.807) is 26.0 Å². The van der Waals surface area contributed by atoms with E-state index in [0.29, 0.717) is 24.2 Å². The van der Waals surface area contributed by atoms with Gasteiger partial charge in [-0.1, -0.05) is 12.1 Å². The Balaban J connectivity index is 2.45. The fourth-order valence-corrected chi connectivity index (χ4v) is 1.54. The van der Waals surface area contributed by atoms with E-state index in [-0.39, 0.29) is 30.4 Å². The first-order chi connectivity index (χ1) is 8.54. The smallest absolute Gasteiger partial charge is 0.305 e. The van der Waals surface area contributed by atoms with Gasteiger partial charge in [0, 0.05) is 18.4 Å². The Morgan fingerprint density at radius 3 is 2.61 bits per heavy atom. The summed E-state index contributed by atoms with van der Waals surface area (Å²) in [5.74, 6) is -0.843. The number of esters is 1. The van der Waals surface area contributed by atoms with Crippen molar-refractivity contribution in [1.82, 2.24) is 0 Å². The number of hydrogen-bond acceptors (Lipinski definition) is 3. The maximum atomic E-state index is 13.3. The Bertz CT molecular complexity index is 441. The quantitative estimate of drug-likeness (QED) is 0.577. The summed E-state index contributed by atoms with van der Waals surface area (Å²) in [6.07, 6.45) is 0.863. The molecule has 0 aliphatic carbocycles. The number of aryl methyl sites for hydroxylation is 1. The summed E-state index contributed by atoms with van der Waals surface area (Å²) in [4.78, 5) is 22.8. The number of Topliss-reactive ketones (excluding diaryl/α,β-unsaturated/α-hetero) is 1. The van der Waals surface area contributed by atoms with Gasteiger partial charge in [-0.2, -0.15) is 0 Å². The summed E-state index contributed by atoms with van der Waals surface area (Å²) < 4.78 is 18.0. The predicted molar refractivity (Wildman–Crippen MR) is 66.0 cm³/mol. The van der Waals surface area contributed by atoms with Crippen molar-refractivity contribution < 1.29 is 18.7 Å². The molecule has 0 unspecified atom stereocenters. The molecule has 3 nitrogen and oxygen atoms in total. The number of carbonyl (C=O) groups excluding carboxylic acids is 2. The first kappa shape index (κ1) is 14.4. The molecule has 0 heterocycles. The first-order valence-electron chi connectivity index (χ1n) is 5.99. The average molecular weight is 252 g/mol. The van der Waals surface area contributed by atoms with Crippen molar-refractivity contribution in [2.24, 2.45) is 0 Å². The molecule has 1 rings (SSSR count). The third-order valence-corrected chi connectivity index (χ3v) is 2.58. The molecule has 0 radical (unpaired) electrons. The topological polar surface area (TPSA) is 43.4 Å². The monoisotopic (exact) mass is 252 g/mol. The van der Waals surface area contributed by atoms with Gasteiger partial charge in [0.1, 0.15) is 5.82 Å². The van der Waals surface area contributed by atoms with Crippen LogP contribution in [0.25, 0.3) is 0 Å². The van der Waals surface area contributed by atoms with Crippen molar-refractivity contribution in [1.29, 1.82) is 0 Å². The lowest BCUT2D eigenvalue weighted by Gasteiger charge is -2.03. The second kappa shape index (κ2) is 6.89. The maximum absolute atomic E-state index is 13.3. The molecule has 98 valence electrons. The molecular formula is C14H17FO3. The minimum Gasteiger partial charge on any atom is -0.466 e. The van der Waals surface area contributed by atoms with Gasteiger partial charge in [-0.15, -0.1) is 0 Å². The lowest BCUT2D eigenvalue weighted by molar-refractivity contribution is -0.143. The number of ether oxygens (including phenoxy) is 1. The fourth-order valence-electron chi connectivity index (χ4n) is 1.54. The zero-order valence-electron chi connectivity index (χ0n) is 10.7. The Hall–Kier alpha value is -1.71. The van der Waals surface area contributed by atoms with E-state index in [2.05, 4.69) is 0 Å². The van der Waals surface area contributed by atoms with Gasteiger partial charge in [-0.25, -0.2) is 4.39 Å². The summed E-state index contributed by atoms with van der Waals surface area (Å²) in [5, 5.41) is 0. The summed E-state index contributed by atoms with van der Waals surface area (Å²) in [6.45, 7) is 3.72. The van der Waals surface area contributed by atoms with Crippen molar-refractivity contribution in [3.63, 3.8) is 0 Å². The largest absolute Gasteiger partial charge is 0.466 e. The summed E-state index contributed by atoms with van der Waals surface area (Å²) in [5.41, 5.74) is 0.861. The number of halogens is 1. The fraction of sp³-hybridized carbons (Fsp3) is 0.429. The molecule has 0 N–H and O–H groups in total. The molecule has 0 saturated carbocycles. The zero-order valence-corrected chi connectivity index (χ0v) is 10.7. The van der Waals surface area contributed by atoms with Gasteiger partial charge in [0.25, 0.3) is 0 Å². The number of benzene rings is 1. The molecule has 0 atom stereocenters. The standard InChI is InChI=1S/C14H17FO3/c1-3-18-14(17)6-4-5-13(16)11-8-7-10(2)12(15)9-11/h7-9H,3-6H2,1-2H3. The highest BCUT2D eigenvalue weighted by molar-refractivity contribution is 5.96. The van der Waals surface area contributed by atoms with E-state index >= 15 is 0 Å². The molecule has 1 aromatic rings. The normalized spacial score (nSPS) is 10.2. The number of rotatable bonds is 6. The van der Waals surface area contributed by atoms with Crippen LogP contribution in [0.5, 0.6) is 0 Å². The lowest BCUT2D eigenvalue weighted by Crippen LogP contribution is -2.06. The van der Waals surface area contributed by atoms with E-state index in [9.17, 15) is 14.0 Å². The van der Waals surface area contributed by atoms with Gasteiger partial charge < -0.3 is 4.74 Å². The number of hydrogen-bond donors (Lipinski definition) is 0. The van der Waals surface area contributed by atoms with Gasteiger partial charge in [0.05, 0.1) is 6.61 Å². The van der Waals surface area contributed by atoms with Crippen LogP contribution >= 0.6 is 0 Å². The minimum absolute atomic E-state index is 0.154. The van der Waals surface area contributed by atoms with Gasteiger partial charge >= 0.3 is 5.97 Å². The molecule has 0 amide bonds. The lowest BCUT2D eigenvalue weighted by atomic mass is 10.0. The SMILES string of the molecule is CCOC(=O)CCCC(=O)c1ccc(C)c(F)c1. The van der Waals surface area contributed by atoms with Crippen LogP contribution in [-0.2, 0) is 9.53 Å². The molecule has 18 heavy (non-hydrogen) atoms. The van der Waals surface area contributed by atoms with Crippen LogP contribution in [0.4, 0.5) is 4.39 Å². The maximum Gasteiger partial charge on any atom is 0.305 e. The van der Waals surface area contributed by atoms with Gasteiger partial charge in [0.15, 0.2) is 5.78 Å². The van der Waals surface area contributed by atoms with Gasteiger partial charge in [-0.3, -0.25) is 9.59 Å². The number of ketones is 1. The van der Waals surface area contributed by atoms with Crippen LogP contribution < -0.4 is 0 Å². The van der Waals surface area contributed by atoms with E-state index in [1.807, 2.05) is 0 Å². The molecule has 4 heteroatoms. The van der Waals surface area contributed by atoms with E-state index in [4.69, 9.17) is 4.74 Å². The zero-order chi connectivity index (χ0) is 13.5. The molecule has 0 aromatic heterocycles. The van der Waals surface area contributed by atoms with Gasteiger partial charge in [0.2, 0.25) is 0 Å². The highest BCUT2D eigenvalue weighted by Gasteiger charge is 2.09. The Kier molecular flexibility index (Phi) is 5.49. The first-order valence-corrected chi connectivity index (χ1v) is 5.99. The number of carbonyl (C=O) groups is 2. The second-order valence-corrected chi connectivity index (χ2v) is 4.05. The van der Waals surface area contributed by atoms with Crippen molar-refractivity contribution >= 4 is 11.8 Å². The van der Waals surface area contributed by atoms with E-state index < -0.39 is 0 Å². The third kappa shape index (κ3) is 4.28. The molecule has 0 spiro atoms. The molecule has 1 aromatic carbocycles. The highest BCUT2D eigenvalue weighted by atomic mass is 19.1. The summed E-state index contributed by atoms with van der Waals surface area (Å²) >= 11 is 0. The molecule has 0 aliphatic rings. The molecule has 0 fully saturated rings. The van der Waals surface area contributed by atoms with Crippen LogP contribution in [-0.4, -0.2) is 18.4 Å².